The molecule has 18 heavy (non-hydrogen) atoms. The van der Waals surface area contributed by atoms with Crippen molar-refractivity contribution in [1.82, 2.24) is 0 Å². The minimum atomic E-state index is 0.534. The van der Waals surface area contributed by atoms with Crippen molar-refractivity contribution in [1.29, 1.82) is 0 Å². The van der Waals surface area contributed by atoms with Gasteiger partial charge < -0.3 is 10.2 Å². The minimum absolute atomic E-state index is 0.534. The lowest BCUT2D eigenvalue weighted by Gasteiger charge is -2.38. The Morgan fingerprint density at radius 2 is 1.94 bits per heavy atom. The number of benzene rings is 1. The molecule has 0 atom stereocenters. The van der Waals surface area contributed by atoms with E-state index < -0.39 is 0 Å². The molecule has 2 nitrogen and oxygen atoms in total. The molecule has 0 aliphatic carbocycles. The largest absolute Gasteiger partial charge is 0.385 e. The van der Waals surface area contributed by atoms with E-state index in [4.69, 9.17) is 0 Å². The van der Waals surface area contributed by atoms with Crippen molar-refractivity contribution >= 4 is 11.4 Å². The Labute approximate surface area is 110 Å². The third kappa shape index (κ3) is 2.33. The van der Waals surface area contributed by atoms with Gasteiger partial charge in [0.25, 0.3) is 0 Å². The Morgan fingerprint density at radius 3 is 2.72 bits per heavy atom. The van der Waals surface area contributed by atoms with Gasteiger partial charge in [0.05, 0.1) is 0 Å². The van der Waals surface area contributed by atoms with E-state index in [0.29, 0.717) is 5.41 Å². The molecule has 2 heterocycles. The predicted molar refractivity (Wildman–Crippen MR) is 78.5 cm³/mol. The molecule has 1 aromatic carbocycles. The second-order valence-corrected chi connectivity index (χ2v) is 6.52. The van der Waals surface area contributed by atoms with Crippen LogP contribution in [0.3, 0.4) is 0 Å². The third-order valence-corrected chi connectivity index (χ3v) is 4.51. The van der Waals surface area contributed by atoms with Gasteiger partial charge in [-0.15, -0.1) is 0 Å². The summed E-state index contributed by atoms with van der Waals surface area (Å²) < 4.78 is 0. The second-order valence-electron chi connectivity index (χ2n) is 6.52. The van der Waals surface area contributed by atoms with Crippen LogP contribution in [0.15, 0.2) is 18.2 Å². The molecular formula is C16H24N2. The van der Waals surface area contributed by atoms with Crippen molar-refractivity contribution in [3.05, 3.63) is 23.8 Å². The van der Waals surface area contributed by atoms with Gasteiger partial charge in [-0.2, -0.15) is 0 Å². The number of nitrogens with one attached hydrogen (secondary N) is 1. The van der Waals surface area contributed by atoms with Gasteiger partial charge in [0.15, 0.2) is 0 Å². The predicted octanol–water partition coefficient (Wildman–Crippen LogP) is 3.67. The summed E-state index contributed by atoms with van der Waals surface area (Å²) in [5.41, 5.74) is 4.81. The lowest BCUT2D eigenvalue weighted by atomic mass is 9.82. The molecule has 98 valence electrons. The normalized spacial score (nSPS) is 22.2. The van der Waals surface area contributed by atoms with Gasteiger partial charge in [0.2, 0.25) is 0 Å². The molecular weight excluding hydrogens is 220 g/mol. The average molecular weight is 244 g/mol. The zero-order valence-corrected chi connectivity index (χ0v) is 11.6. The van der Waals surface area contributed by atoms with Crippen LogP contribution >= 0.6 is 0 Å². The first-order valence-corrected chi connectivity index (χ1v) is 7.26. The number of hydrogen-bond donors (Lipinski definition) is 1. The van der Waals surface area contributed by atoms with Crippen molar-refractivity contribution < 1.29 is 0 Å². The van der Waals surface area contributed by atoms with Crippen molar-refractivity contribution in [2.45, 2.75) is 39.5 Å². The summed E-state index contributed by atoms with van der Waals surface area (Å²) in [7, 11) is 0. The Hall–Kier alpha value is -1.18. The number of rotatable bonds is 1. The Bertz CT molecular complexity index is 427. The van der Waals surface area contributed by atoms with Crippen LogP contribution in [0.4, 0.5) is 11.4 Å². The second kappa shape index (κ2) is 4.49. The SMILES string of the molecule is CC1(C)CCN(c2ccc3c(c2)CCCN3)CC1. The zero-order valence-electron chi connectivity index (χ0n) is 11.6. The smallest absolute Gasteiger partial charge is 0.0374 e. The first kappa shape index (κ1) is 11.9. The molecule has 1 aromatic rings. The Morgan fingerprint density at radius 1 is 1.17 bits per heavy atom. The molecule has 2 heteroatoms. The summed E-state index contributed by atoms with van der Waals surface area (Å²) in [5, 5.41) is 3.49. The number of nitrogens with zero attached hydrogens (tertiary/aromatic N) is 1. The van der Waals surface area contributed by atoms with Crippen LogP contribution < -0.4 is 10.2 Å². The topological polar surface area (TPSA) is 15.3 Å². The Kier molecular flexibility index (Phi) is 2.96. The van der Waals surface area contributed by atoms with Gasteiger partial charge in [0, 0.05) is 31.0 Å². The molecule has 0 unspecified atom stereocenters. The van der Waals surface area contributed by atoms with E-state index in [1.54, 1.807) is 0 Å². The summed E-state index contributed by atoms with van der Waals surface area (Å²) in [6.45, 7) is 8.32. The molecule has 0 bridgehead atoms. The van der Waals surface area contributed by atoms with Gasteiger partial charge >= 0.3 is 0 Å². The maximum atomic E-state index is 3.49. The monoisotopic (exact) mass is 244 g/mol. The van der Waals surface area contributed by atoms with Gasteiger partial charge in [0.1, 0.15) is 0 Å². The molecule has 0 saturated carbocycles. The fourth-order valence-corrected chi connectivity index (χ4v) is 3.03. The van der Waals surface area contributed by atoms with Gasteiger partial charge in [-0.1, -0.05) is 13.8 Å². The van der Waals surface area contributed by atoms with Crippen LogP contribution in [0.2, 0.25) is 0 Å². The maximum Gasteiger partial charge on any atom is 0.0374 e. The molecule has 0 aromatic heterocycles. The first-order chi connectivity index (χ1) is 8.64. The van der Waals surface area contributed by atoms with Crippen molar-refractivity contribution in [2.24, 2.45) is 5.41 Å². The number of anilines is 2. The molecule has 3 rings (SSSR count). The summed E-state index contributed by atoms with van der Waals surface area (Å²) in [5.74, 6) is 0. The van der Waals surface area contributed by atoms with E-state index in [0.717, 1.165) is 6.54 Å². The van der Waals surface area contributed by atoms with E-state index in [1.165, 1.54) is 55.7 Å². The third-order valence-electron chi connectivity index (χ3n) is 4.51. The summed E-state index contributed by atoms with van der Waals surface area (Å²) in [6, 6.07) is 6.96. The van der Waals surface area contributed by atoms with Crippen molar-refractivity contribution in [3.8, 4) is 0 Å². The standard InChI is InChI=1S/C16H24N2/c1-16(2)7-10-18(11-8-16)14-5-6-15-13(12-14)4-3-9-17-15/h5-6,12,17H,3-4,7-11H2,1-2H3. The van der Waals surface area contributed by atoms with E-state index in [2.05, 4.69) is 42.3 Å². The fraction of sp³-hybridized carbons (Fsp3) is 0.625. The van der Waals surface area contributed by atoms with E-state index >= 15 is 0 Å². The van der Waals surface area contributed by atoms with Gasteiger partial charge in [-0.05, 0) is 54.9 Å². The first-order valence-electron chi connectivity index (χ1n) is 7.26. The summed E-state index contributed by atoms with van der Waals surface area (Å²) >= 11 is 0. The van der Waals surface area contributed by atoms with Crippen LogP contribution in [-0.2, 0) is 6.42 Å². The van der Waals surface area contributed by atoms with Gasteiger partial charge in [-0.3, -0.25) is 0 Å². The van der Waals surface area contributed by atoms with Crippen LogP contribution in [-0.4, -0.2) is 19.6 Å². The van der Waals surface area contributed by atoms with Crippen molar-refractivity contribution in [3.63, 3.8) is 0 Å². The highest BCUT2D eigenvalue weighted by Gasteiger charge is 2.25. The van der Waals surface area contributed by atoms with Crippen LogP contribution in [0.5, 0.6) is 0 Å². The highest BCUT2D eigenvalue weighted by Crippen LogP contribution is 2.34. The maximum absolute atomic E-state index is 3.49. The Balaban J connectivity index is 1.77. The van der Waals surface area contributed by atoms with Gasteiger partial charge in [-0.25, -0.2) is 0 Å². The lowest BCUT2D eigenvalue weighted by Crippen LogP contribution is -2.37. The summed E-state index contributed by atoms with van der Waals surface area (Å²) in [6.07, 6.45) is 5.11. The van der Waals surface area contributed by atoms with Crippen LogP contribution in [0, 0.1) is 5.41 Å². The van der Waals surface area contributed by atoms with E-state index in [1.807, 2.05) is 0 Å². The molecule has 1 saturated heterocycles. The molecule has 0 radical (unpaired) electrons. The number of fused-ring (bicyclic) bond motifs is 1. The van der Waals surface area contributed by atoms with E-state index in [9.17, 15) is 0 Å². The average Bonchev–Trinajstić information content (AvgIpc) is 2.38. The molecule has 0 spiro atoms. The minimum Gasteiger partial charge on any atom is -0.385 e. The number of hydrogen-bond acceptors (Lipinski definition) is 2. The molecule has 2 aliphatic heterocycles. The molecule has 1 N–H and O–H groups in total. The quantitative estimate of drug-likeness (QED) is 0.811. The number of aryl methyl sites for hydroxylation is 1. The number of piperidine rings is 1. The highest BCUT2D eigenvalue weighted by atomic mass is 15.1. The van der Waals surface area contributed by atoms with E-state index in [-0.39, 0.29) is 0 Å². The molecule has 2 aliphatic rings. The van der Waals surface area contributed by atoms with Crippen LogP contribution in [0.25, 0.3) is 0 Å². The highest BCUT2D eigenvalue weighted by molar-refractivity contribution is 5.61. The zero-order chi connectivity index (χ0) is 12.6. The molecule has 0 amide bonds. The molecule has 1 fully saturated rings. The summed E-state index contributed by atoms with van der Waals surface area (Å²) in [4.78, 5) is 2.56. The lowest BCUT2D eigenvalue weighted by molar-refractivity contribution is 0.280. The fourth-order valence-electron chi connectivity index (χ4n) is 3.03. The van der Waals surface area contributed by atoms with Crippen molar-refractivity contribution in [2.75, 3.05) is 29.9 Å². The van der Waals surface area contributed by atoms with Crippen LogP contribution in [0.1, 0.15) is 38.7 Å².